The minimum Gasteiger partial charge on any atom is -0.274 e. The van der Waals surface area contributed by atoms with E-state index < -0.39 is 0 Å². The van der Waals surface area contributed by atoms with E-state index in [9.17, 15) is 4.79 Å². The van der Waals surface area contributed by atoms with Gasteiger partial charge in [-0.1, -0.05) is 6.92 Å². The summed E-state index contributed by atoms with van der Waals surface area (Å²) in [7, 11) is 1.50. The summed E-state index contributed by atoms with van der Waals surface area (Å²) in [5.74, 6) is -0.0423. The molecule has 3 heteroatoms. The van der Waals surface area contributed by atoms with Crippen LogP contribution >= 0.6 is 0 Å². The second kappa shape index (κ2) is 4.32. The van der Waals surface area contributed by atoms with Gasteiger partial charge in [0.05, 0.1) is 7.11 Å². The summed E-state index contributed by atoms with van der Waals surface area (Å²) in [5.41, 5.74) is 0. The zero-order valence-electron chi connectivity index (χ0n) is 6.18. The van der Waals surface area contributed by atoms with Gasteiger partial charge < -0.3 is 0 Å². The van der Waals surface area contributed by atoms with Gasteiger partial charge >= 0.3 is 0 Å². The lowest BCUT2D eigenvalue weighted by Crippen LogP contribution is -2.27. The number of carbonyl (C=O) groups is 1. The van der Waals surface area contributed by atoms with E-state index in [1.807, 2.05) is 6.92 Å². The Morgan fingerprint density at radius 1 is 1.67 bits per heavy atom. The van der Waals surface area contributed by atoms with Crippen LogP contribution in [0.1, 0.15) is 20.3 Å². The molecule has 0 aromatic carbocycles. The number of amides is 1. The molecule has 0 spiro atoms. The predicted octanol–water partition coefficient (Wildman–Crippen LogP) is 0.806. The lowest BCUT2D eigenvalue weighted by Gasteiger charge is -2.15. The van der Waals surface area contributed by atoms with Gasteiger partial charge in [-0.2, -0.15) is 0 Å². The van der Waals surface area contributed by atoms with Crippen molar-refractivity contribution in [2.75, 3.05) is 13.7 Å². The number of nitrogens with zero attached hydrogens (tertiary/aromatic N) is 1. The van der Waals surface area contributed by atoms with Crippen molar-refractivity contribution >= 4 is 5.91 Å². The van der Waals surface area contributed by atoms with Crippen molar-refractivity contribution in [3.63, 3.8) is 0 Å². The highest BCUT2D eigenvalue weighted by Crippen LogP contribution is 1.90. The maximum Gasteiger partial charge on any atom is 0.242 e. The van der Waals surface area contributed by atoms with Gasteiger partial charge in [-0.3, -0.25) is 9.63 Å². The lowest BCUT2D eigenvalue weighted by molar-refractivity contribution is -0.173. The molecule has 3 nitrogen and oxygen atoms in total. The zero-order chi connectivity index (χ0) is 7.28. The van der Waals surface area contributed by atoms with Gasteiger partial charge in [0.25, 0.3) is 0 Å². The Hall–Kier alpha value is -0.570. The molecule has 0 aromatic rings. The molecular formula is C6H13NO2. The van der Waals surface area contributed by atoms with Crippen LogP contribution in [-0.4, -0.2) is 24.6 Å². The maximum atomic E-state index is 10.6. The van der Waals surface area contributed by atoms with E-state index in [0.29, 0.717) is 6.54 Å². The molecule has 0 unspecified atom stereocenters. The van der Waals surface area contributed by atoms with Crippen molar-refractivity contribution < 1.29 is 9.63 Å². The minimum absolute atomic E-state index is 0.0423. The summed E-state index contributed by atoms with van der Waals surface area (Å²) in [5, 5.41) is 1.33. The summed E-state index contributed by atoms with van der Waals surface area (Å²) < 4.78 is 0. The normalized spacial score (nSPS) is 9.22. The van der Waals surface area contributed by atoms with Crippen molar-refractivity contribution in [2.45, 2.75) is 20.3 Å². The van der Waals surface area contributed by atoms with Crippen LogP contribution in [0.4, 0.5) is 0 Å². The highest BCUT2D eigenvalue weighted by molar-refractivity contribution is 5.71. The monoisotopic (exact) mass is 131 g/mol. The van der Waals surface area contributed by atoms with Crippen molar-refractivity contribution in [1.29, 1.82) is 0 Å². The van der Waals surface area contributed by atoms with Crippen LogP contribution in [0.5, 0.6) is 0 Å². The summed E-state index contributed by atoms with van der Waals surface area (Å²) in [6.45, 7) is 4.15. The van der Waals surface area contributed by atoms with E-state index >= 15 is 0 Å². The second-order valence-electron chi connectivity index (χ2n) is 1.80. The van der Waals surface area contributed by atoms with Crippen molar-refractivity contribution in [2.24, 2.45) is 0 Å². The van der Waals surface area contributed by atoms with Crippen LogP contribution in [-0.2, 0) is 9.63 Å². The second-order valence-corrected chi connectivity index (χ2v) is 1.80. The molecule has 0 aliphatic heterocycles. The minimum atomic E-state index is -0.0423. The van der Waals surface area contributed by atoms with Crippen LogP contribution < -0.4 is 0 Å². The molecule has 0 saturated heterocycles. The summed E-state index contributed by atoms with van der Waals surface area (Å²) in [6.07, 6.45) is 0.924. The molecule has 0 N–H and O–H groups in total. The van der Waals surface area contributed by atoms with Crippen molar-refractivity contribution in [1.82, 2.24) is 5.06 Å². The first-order valence-electron chi connectivity index (χ1n) is 3.04. The summed E-state index contributed by atoms with van der Waals surface area (Å²) in [4.78, 5) is 15.3. The molecule has 0 atom stereocenters. The maximum absolute atomic E-state index is 10.6. The molecule has 0 saturated carbocycles. The predicted molar refractivity (Wildman–Crippen MR) is 34.7 cm³/mol. The molecule has 0 aliphatic rings. The third-order valence-electron chi connectivity index (χ3n) is 0.998. The lowest BCUT2D eigenvalue weighted by atomic mass is 10.5. The van der Waals surface area contributed by atoms with E-state index in [1.54, 1.807) is 0 Å². The van der Waals surface area contributed by atoms with Crippen LogP contribution in [0.25, 0.3) is 0 Å². The number of hydroxylamine groups is 2. The molecule has 0 radical (unpaired) electrons. The summed E-state index contributed by atoms with van der Waals surface area (Å²) in [6, 6.07) is 0. The van der Waals surface area contributed by atoms with E-state index in [0.717, 1.165) is 6.42 Å². The molecular weight excluding hydrogens is 118 g/mol. The van der Waals surface area contributed by atoms with Gasteiger partial charge in [-0.05, 0) is 6.42 Å². The van der Waals surface area contributed by atoms with Crippen molar-refractivity contribution in [3.8, 4) is 0 Å². The molecule has 0 heterocycles. The Balaban J connectivity index is 3.54. The molecule has 0 bridgehead atoms. The molecule has 0 aromatic heterocycles. The Morgan fingerprint density at radius 2 is 2.22 bits per heavy atom. The zero-order valence-corrected chi connectivity index (χ0v) is 6.18. The largest absolute Gasteiger partial charge is 0.274 e. The van der Waals surface area contributed by atoms with Gasteiger partial charge in [0.1, 0.15) is 0 Å². The van der Waals surface area contributed by atoms with Crippen LogP contribution in [0.2, 0.25) is 0 Å². The fourth-order valence-electron chi connectivity index (χ4n) is 0.580. The average Bonchev–Trinajstić information content (AvgIpc) is 1.82. The quantitative estimate of drug-likeness (QED) is 0.530. The van der Waals surface area contributed by atoms with Gasteiger partial charge in [0, 0.05) is 13.5 Å². The third kappa shape index (κ3) is 3.08. The first-order chi connectivity index (χ1) is 4.22. The van der Waals surface area contributed by atoms with Crippen molar-refractivity contribution in [3.05, 3.63) is 0 Å². The Bertz CT molecular complexity index is 93.1. The Labute approximate surface area is 55.6 Å². The SMILES string of the molecule is CCCN(OC)C(C)=O. The smallest absolute Gasteiger partial charge is 0.242 e. The van der Waals surface area contributed by atoms with E-state index in [1.165, 1.54) is 19.1 Å². The average molecular weight is 131 g/mol. The number of carbonyl (C=O) groups excluding carboxylic acids is 1. The molecule has 0 rings (SSSR count). The van der Waals surface area contributed by atoms with Crippen LogP contribution in [0.3, 0.4) is 0 Å². The van der Waals surface area contributed by atoms with E-state index in [-0.39, 0.29) is 5.91 Å². The molecule has 54 valence electrons. The van der Waals surface area contributed by atoms with Crippen LogP contribution in [0.15, 0.2) is 0 Å². The number of hydrogen-bond donors (Lipinski definition) is 0. The molecule has 0 aliphatic carbocycles. The Morgan fingerprint density at radius 3 is 2.33 bits per heavy atom. The number of rotatable bonds is 3. The van der Waals surface area contributed by atoms with Gasteiger partial charge in [-0.15, -0.1) is 0 Å². The van der Waals surface area contributed by atoms with E-state index in [2.05, 4.69) is 0 Å². The molecule has 1 amide bonds. The highest BCUT2D eigenvalue weighted by Gasteiger charge is 2.03. The first kappa shape index (κ1) is 8.43. The topological polar surface area (TPSA) is 29.5 Å². The van der Waals surface area contributed by atoms with Gasteiger partial charge in [0.15, 0.2) is 0 Å². The third-order valence-corrected chi connectivity index (χ3v) is 0.998. The van der Waals surface area contributed by atoms with Crippen LogP contribution in [0, 0.1) is 0 Å². The fraction of sp³-hybridized carbons (Fsp3) is 0.833. The molecule has 0 fully saturated rings. The van der Waals surface area contributed by atoms with Gasteiger partial charge in [-0.25, -0.2) is 5.06 Å². The van der Waals surface area contributed by atoms with E-state index in [4.69, 9.17) is 4.84 Å². The Kier molecular flexibility index (Phi) is 4.05. The highest BCUT2D eigenvalue weighted by atomic mass is 16.7. The van der Waals surface area contributed by atoms with Gasteiger partial charge in [0.2, 0.25) is 5.91 Å². The molecule has 9 heavy (non-hydrogen) atoms. The standard InChI is InChI=1S/C6H13NO2/c1-4-5-7(9-3)6(2)8/h4-5H2,1-3H3. The fourth-order valence-corrected chi connectivity index (χ4v) is 0.580. The summed E-state index contributed by atoms with van der Waals surface area (Å²) >= 11 is 0. The number of hydrogen-bond acceptors (Lipinski definition) is 2. The first-order valence-corrected chi connectivity index (χ1v) is 3.04.